The molecule has 0 heterocycles. The van der Waals surface area contributed by atoms with Crippen LogP contribution < -0.4 is 5.73 Å². The second kappa shape index (κ2) is 7.44. The maximum absolute atomic E-state index is 6.35. The third-order valence-corrected chi connectivity index (χ3v) is 3.50. The lowest BCUT2D eigenvalue weighted by Gasteiger charge is -2.24. The highest BCUT2D eigenvalue weighted by molar-refractivity contribution is 6.30. The van der Waals surface area contributed by atoms with Crippen LogP contribution in [0.25, 0.3) is 0 Å². The smallest absolute Gasteiger partial charge is 0.0978 e. The van der Waals surface area contributed by atoms with Gasteiger partial charge in [-0.25, -0.2) is 0 Å². The summed E-state index contributed by atoms with van der Waals surface area (Å²) in [7, 11) is 0. The average Bonchev–Trinajstić information content (AvgIpc) is 2.48. The summed E-state index contributed by atoms with van der Waals surface area (Å²) in [5.41, 5.74) is 8.64. The molecule has 106 valence electrons. The van der Waals surface area contributed by atoms with Gasteiger partial charge >= 0.3 is 0 Å². The molecule has 0 spiro atoms. The number of halogens is 1. The molecule has 0 aromatic heterocycles. The van der Waals surface area contributed by atoms with Crippen molar-refractivity contribution in [3.63, 3.8) is 0 Å². The van der Waals surface area contributed by atoms with Crippen LogP contribution in [0.2, 0.25) is 5.02 Å². The van der Waals surface area contributed by atoms with E-state index in [9.17, 15) is 0 Å². The van der Waals surface area contributed by atoms with Crippen molar-refractivity contribution in [1.82, 2.24) is 0 Å². The summed E-state index contributed by atoms with van der Waals surface area (Å²) in [6.45, 7) is 2.64. The number of nitrogens with two attached hydrogens (primary N) is 1. The van der Waals surface area contributed by atoms with Gasteiger partial charge in [-0.1, -0.05) is 54.1 Å². The van der Waals surface area contributed by atoms with E-state index in [0.29, 0.717) is 6.61 Å². The predicted molar refractivity (Wildman–Crippen MR) is 83.9 cm³/mol. The highest BCUT2D eigenvalue weighted by atomic mass is 35.5. The van der Waals surface area contributed by atoms with Gasteiger partial charge < -0.3 is 10.5 Å². The Hall–Kier alpha value is -1.35. The molecule has 0 bridgehead atoms. The van der Waals surface area contributed by atoms with Crippen molar-refractivity contribution in [2.45, 2.75) is 25.5 Å². The van der Waals surface area contributed by atoms with Crippen LogP contribution in [-0.4, -0.2) is 12.6 Å². The van der Waals surface area contributed by atoms with Gasteiger partial charge in [0.25, 0.3) is 0 Å². The lowest BCUT2D eigenvalue weighted by atomic mass is 9.97. The molecule has 20 heavy (non-hydrogen) atoms. The van der Waals surface area contributed by atoms with Crippen molar-refractivity contribution in [1.29, 1.82) is 0 Å². The molecule has 2 atom stereocenters. The van der Waals surface area contributed by atoms with Crippen molar-refractivity contribution < 1.29 is 4.74 Å². The quantitative estimate of drug-likeness (QED) is 0.873. The fourth-order valence-corrected chi connectivity index (χ4v) is 2.41. The number of hydrogen-bond donors (Lipinski definition) is 1. The van der Waals surface area contributed by atoms with Crippen LogP contribution in [-0.2, 0) is 11.2 Å². The van der Waals surface area contributed by atoms with Crippen molar-refractivity contribution in [2.75, 3.05) is 6.61 Å². The van der Waals surface area contributed by atoms with E-state index < -0.39 is 0 Å². The fraction of sp³-hybridized carbons (Fsp3) is 0.294. The molecule has 2 rings (SSSR count). The Morgan fingerprint density at radius 2 is 1.70 bits per heavy atom. The van der Waals surface area contributed by atoms with Gasteiger partial charge in [0, 0.05) is 17.7 Å². The van der Waals surface area contributed by atoms with E-state index in [0.717, 1.165) is 17.0 Å². The number of rotatable bonds is 6. The maximum atomic E-state index is 6.35. The van der Waals surface area contributed by atoms with Crippen LogP contribution in [0.4, 0.5) is 0 Å². The average molecular weight is 290 g/mol. The minimum atomic E-state index is -0.0862. The summed E-state index contributed by atoms with van der Waals surface area (Å²) in [4.78, 5) is 0. The van der Waals surface area contributed by atoms with Crippen LogP contribution in [0.15, 0.2) is 54.6 Å². The van der Waals surface area contributed by atoms with Gasteiger partial charge in [0.05, 0.1) is 6.10 Å². The van der Waals surface area contributed by atoms with Crippen LogP contribution in [0.1, 0.15) is 24.2 Å². The van der Waals surface area contributed by atoms with Crippen molar-refractivity contribution >= 4 is 11.6 Å². The molecule has 0 saturated carbocycles. The Balaban J connectivity index is 2.11. The largest absolute Gasteiger partial charge is 0.372 e. The third kappa shape index (κ3) is 4.07. The molecule has 0 radical (unpaired) electrons. The molecule has 2 aromatic carbocycles. The second-order valence-electron chi connectivity index (χ2n) is 4.78. The highest BCUT2D eigenvalue weighted by Gasteiger charge is 2.20. The lowest BCUT2D eigenvalue weighted by Crippen LogP contribution is -2.32. The zero-order valence-electron chi connectivity index (χ0n) is 11.6. The summed E-state index contributed by atoms with van der Waals surface area (Å²) in [6.07, 6.45) is 0.674. The Labute approximate surface area is 125 Å². The van der Waals surface area contributed by atoms with E-state index in [1.807, 2.05) is 49.4 Å². The van der Waals surface area contributed by atoms with E-state index >= 15 is 0 Å². The van der Waals surface area contributed by atoms with Gasteiger partial charge in [-0.3, -0.25) is 0 Å². The first-order valence-electron chi connectivity index (χ1n) is 6.87. The van der Waals surface area contributed by atoms with Gasteiger partial charge in [-0.15, -0.1) is 0 Å². The molecule has 0 fully saturated rings. The Bertz CT molecular complexity index is 512. The van der Waals surface area contributed by atoms with Crippen LogP contribution in [0, 0.1) is 0 Å². The van der Waals surface area contributed by atoms with E-state index in [4.69, 9.17) is 22.1 Å². The van der Waals surface area contributed by atoms with Gasteiger partial charge in [0.2, 0.25) is 0 Å². The van der Waals surface area contributed by atoms with Crippen LogP contribution >= 0.6 is 11.6 Å². The lowest BCUT2D eigenvalue weighted by molar-refractivity contribution is 0.0433. The van der Waals surface area contributed by atoms with E-state index in [-0.39, 0.29) is 12.1 Å². The standard InChI is InChI=1S/C17H20ClNO/c1-2-20-17(14-6-4-3-5-7-14)16(19)12-13-8-10-15(18)11-9-13/h3-11,16-17H,2,12,19H2,1H3. The normalized spacial score (nSPS) is 13.9. The molecule has 0 aliphatic carbocycles. The first kappa shape index (κ1) is 15.0. The number of hydrogen-bond acceptors (Lipinski definition) is 2. The summed E-state index contributed by atoms with van der Waals surface area (Å²) in [5, 5.41) is 0.742. The van der Waals surface area contributed by atoms with Gasteiger partial charge in [0.15, 0.2) is 0 Å². The molecule has 0 saturated heterocycles. The number of benzene rings is 2. The maximum Gasteiger partial charge on any atom is 0.0978 e. The van der Waals surface area contributed by atoms with Crippen LogP contribution in [0.3, 0.4) is 0 Å². The molecule has 2 N–H and O–H groups in total. The molecule has 2 nitrogen and oxygen atoms in total. The monoisotopic (exact) mass is 289 g/mol. The minimum absolute atomic E-state index is 0.0847. The van der Waals surface area contributed by atoms with Gasteiger partial charge in [0.1, 0.15) is 0 Å². The first-order chi connectivity index (χ1) is 9.70. The molecule has 2 aromatic rings. The summed E-state index contributed by atoms with van der Waals surface area (Å²) >= 11 is 5.90. The van der Waals surface area contributed by atoms with E-state index in [1.54, 1.807) is 0 Å². The van der Waals surface area contributed by atoms with E-state index in [1.165, 1.54) is 5.56 Å². The molecule has 0 aliphatic heterocycles. The highest BCUT2D eigenvalue weighted by Crippen LogP contribution is 2.23. The SMILES string of the molecule is CCOC(c1ccccc1)C(N)Cc1ccc(Cl)cc1. The van der Waals surface area contributed by atoms with Gasteiger partial charge in [-0.2, -0.15) is 0 Å². The van der Waals surface area contributed by atoms with Crippen LogP contribution in [0.5, 0.6) is 0 Å². The minimum Gasteiger partial charge on any atom is -0.372 e. The molecular formula is C17H20ClNO. The fourth-order valence-electron chi connectivity index (χ4n) is 2.29. The van der Waals surface area contributed by atoms with Crippen molar-refractivity contribution in [3.05, 3.63) is 70.7 Å². The third-order valence-electron chi connectivity index (χ3n) is 3.25. The first-order valence-corrected chi connectivity index (χ1v) is 7.25. The Morgan fingerprint density at radius 1 is 1.05 bits per heavy atom. The summed E-state index contributed by atoms with van der Waals surface area (Å²) in [5.74, 6) is 0. The molecule has 2 unspecified atom stereocenters. The number of ether oxygens (including phenoxy) is 1. The van der Waals surface area contributed by atoms with Gasteiger partial charge in [-0.05, 0) is 36.6 Å². The predicted octanol–water partition coefficient (Wildman–Crippen LogP) is 3.99. The van der Waals surface area contributed by atoms with Crippen molar-refractivity contribution in [2.24, 2.45) is 5.73 Å². The summed E-state index contributed by atoms with van der Waals surface area (Å²) in [6, 6.07) is 17.8. The molecule has 3 heteroatoms. The zero-order valence-corrected chi connectivity index (χ0v) is 12.4. The van der Waals surface area contributed by atoms with E-state index in [2.05, 4.69) is 12.1 Å². The second-order valence-corrected chi connectivity index (χ2v) is 5.22. The molecule has 0 aliphatic rings. The topological polar surface area (TPSA) is 35.2 Å². The molecular weight excluding hydrogens is 270 g/mol. The summed E-state index contributed by atoms with van der Waals surface area (Å²) < 4.78 is 5.83. The molecule has 0 amide bonds. The Kier molecular flexibility index (Phi) is 5.60. The van der Waals surface area contributed by atoms with Crippen molar-refractivity contribution in [3.8, 4) is 0 Å². The Morgan fingerprint density at radius 3 is 2.30 bits per heavy atom. The zero-order chi connectivity index (χ0) is 14.4.